The van der Waals surface area contributed by atoms with Gasteiger partial charge in [0.2, 0.25) is 5.88 Å². The number of nitrogens with zero attached hydrogens (tertiary/aromatic N) is 1. The summed E-state index contributed by atoms with van der Waals surface area (Å²) >= 11 is 0. The lowest BCUT2D eigenvalue weighted by Crippen LogP contribution is -2.27. The van der Waals surface area contributed by atoms with Crippen LogP contribution in [-0.4, -0.2) is 16.7 Å². The van der Waals surface area contributed by atoms with E-state index in [1.807, 2.05) is 0 Å². The number of rotatable bonds is 1. The van der Waals surface area contributed by atoms with E-state index in [1.54, 1.807) is 27.7 Å². The number of anilines is 1. The molecule has 78 valence electrons. The van der Waals surface area contributed by atoms with Crippen molar-refractivity contribution < 1.29 is 13.9 Å². The van der Waals surface area contributed by atoms with E-state index in [-0.39, 0.29) is 5.88 Å². The molecule has 5 heteroatoms. The second-order valence-electron chi connectivity index (χ2n) is 3.87. The van der Waals surface area contributed by atoms with Crippen LogP contribution in [0.1, 0.15) is 26.7 Å². The smallest absolute Gasteiger partial charge is 0.414 e. The van der Waals surface area contributed by atoms with Gasteiger partial charge in [-0.15, -0.1) is 0 Å². The van der Waals surface area contributed by atoms with E-state index in [9.17, 15) is 4.79 Å². The van der Waals surface area contributed by atoms with Crippen LogP contribution in [-0.2, 0) is 4.74 Å². The molecule has 0 bridgehead atoms. The summed E-state index contributed by atoms with van der Waals surface area (Å²) in [4.78, 5) is 15.0. The molecule has 0 fully saturated rings. The van der Waals surface area contributed by atoms with Crippen LogP contribution in [0.25, 0.3) is 0 Å². The monoisotopic (exact) mass is 198 g/mol. The molecule has 1 N–H and O–H groups in total. The largest absolute Gasteiger partial charge is 0.444 e. The summed E-state index contributed by atoms with van der Waals surface area (Å²) in [6.07, 6.45) is 0.882. The topological polar surface area (TPSA) is 64.4 Å². The second-order valence-corrected chi connectivity index (χ2v) is 3.87. The Bertz CT molecular complexity index is 325. The lowest BCUT2D eigenvalue weighted by atomic mass is 10.2. The molecule has 0 spiro atoms. The van der Waals surface area contributed by atoms with Crippen molar-refractivity contribution in [3.05, 3.63) is 12.1 Å². The second kappa shape index (κ2) is 3.69. The quantitative estimate of drug-likeness (QED) is 0.752. The first kappa shape index (κ1) is 10.6. The van der Waals surface area contributed by atoms with Crippen LogP contribution in [0.15, 0.2) is 10.6 Å². The number of ether oxygens (including phenoxy) is 1. The molecule has 0 saturated carbocycles. The SMILES string of the molecule is Cc1ncc(NC(=O)OC(C)(C)C)o1. The van der Waals surface area contributed by atoms with Gasteiger partial charge in [-0.2, -0.15) is 0 Å². The molecule has 14 heavy (non-hydrogen) atoms. The van der Waals surface area contributed by atoms with Crippen LogP contribution in [0.4, 0.5) is 10.7 Å². The van der Waals surface area contributed by atoms with Gasteiger partial charge in [-0.3, -0.25) is 5.32 Å². The Kier molecular flexibility index (Phi) is 2.78. The number of amides is 1. The van der Waals surface area contributed by atoms with Crippen LogP contribution >= 0.6 is 0 Å². The summed E-state index contributed by atoms with van der Waals surface area (Å²) in [6, 6.07) is 0. The van der Waals surface area contributed by atoms with E-state index >= 15 is 0 Å². The average Bonchev–Trinajstić information content (AvgIpc) is 2.30. The Morgan fingerprint density at radius 1 is 1.57 bits per heavy atom. The highest BCUT2D eigenvalue weighted by atomic mass is 16.6. The number of carbonyl (C=O) groups excluding carboxylic acids is 1. The highest BCUT2D eigenvalue weighted by molar-refractivity contribution is 5.82. The minimum absolute atomic E-state index is 0.289. The van der Waals surface area contributed by atoms with Crippen LogP contribution < -0.4 is 5.32 Å². The summed E-state index contributed by atoms with van der Waals surface area (Å²) in [5.41, 5.74) is -0.515. The fourth-order valence-corrected chi connectivity index (χ4v) is 0.823. The molecule has 0 aliphatic rings. The van der Waals surface area contributed by atoms with Gasteiger partial charge in [0.15, 0.2) is 5.89 Å². The molecule has 1 aromatic heterocycles. The predicted octanol–water partition coefficient (Wildman–Crippen LogP) is 2.33. The van der Waals surface area contributed by atoms with Gasteiger partial charge >= 0.3 is 6.09 Å². The molecule has 0 saturated heterocycles. The average molecular weight is 198 g/mol. The van der Waals surface area contributed by atoms with Gasteiger partial charge in [0.25, 0.3) is 0 Å². The molecule has 1 amide bonds. The van der Waals surface area contributed by atoms with E-state index in [0.29, 0.717) is 5.89 Å². The fraction of sp³-hybridized carbons (Fsp3) is 0.556. The Labute approximate surface area is 82.5 Å². The Hall–Kier alpha value is -1.52. The van der Waals surface area contributed by atoms with Crippen molar-refractivity contribution in [2.45, 2.75) is 33.3 Å². The molecular formula is C9H14N2O3. The zero-order valence-corrected chi connectivity index (χ0v) is 8.75. The maximum Gasteiger partial charge on any atom is 0.414 e. The van der Waals surface area contributed by atoms with E-state index in [0.717, 1.165) is 0 Å². The Morgan fingerprint density at radius 2 is 2.21 bits per heavy atom. The zero-order chi connectivity index (χ0) is 10.8. The van der Waals surface area contributed by atoms with Crippen LogP contribution in [0.5, 0.6) is 0 Å². The minimum atomic E-state index is -0.548. The van der Waals surface area contributed by atoms with Crippen molar-refractivity contribution in [2.75, 3.05) is 5.32 Å². The van der Waals surface area contributed by atoms with Crippen molar-refractivity contribution >= 4 is 12.0 Å². The van der Waals surface area contributed by atoms with E-state index in [4.69, 9.17) is 9.15 Å². The van der Waals surface area contributed by atoms with Crippen molar-refractivity contribution in [2.24, 2.45) is 0 Å². The third-order valence-corrected chi connectivity index (χ3v) is 1.25. The van der Waals surface area contributed by atoms with Crippen molar-refractivity contribution in [1.82, 2.24) is 4.98 Å². The number of oxazole rings is 1. The van der Waals surface area contributed by atoms with Crippen molar-refractivity contribution in [1.29, 1.82) is 0 Å². The van der Waals surface area contributed by atoms with Crippen LogP contribution in [0, 0.1) is 6.92 Å². The molecule has 0 unspecified atom stereocenters. The molecule has 1 heterocycles. The third-order valence-electron chi connectivity index (χ3n) is 1.25. The van der Waals surface area contributed by atoms with E-state index in [1.165, 1.54) is 6.20 Å². The lowest BCUT2D eigenvalue weighted by molar-refractivity contribution is 0.0632. The summed E-state index contributed by atoms with van der Waals surface area (Å²) in [5, 5.41) is 2.43. The highest BCUT2D eigenvalue weighted by Gasteiger charge is 2.17. The number of carbonyl (C=O) groups is 1. The first-order chi connectivity index (χ1) is 6.37. The molecule has 0 aliphatic carbocycles. The van der Waals surface area contributed by atoms with Gasteiger partial charge in [-0.25, -0.2) is 9.78 Å². The molecule has 0 atom stereocenters. The van der Waals surface area contributed by atoms with Gasteiger partial charge in [0.05, 0.1) is 6.20 Å². The number of aryl methyl sites for hydroxylation is 1. The molecule has 5 nitrogen and oxygen atoms in total. The summed E-state index contributed by atoms with van der Waals surface area (Å²) < 4.78 is 10.1. The summed E-state index contributed by atoms with van der Waals surface area (Å²) in [7, 11) is 0. The molecular weight excluding hydrogens is 184 g/mol. The summed E-state index contributed by atoms with van der Waals surface area (Å²) in [6.45, 7) is 7.06. The Balaban J connectivity index is 2.50. The first-order valence-electron chi connectivity index (χ1n) is 4.29. The van der Waals surface area contributed by atoms with Gasteiger partial charge in [-0.05, 0) is 20.8 Å². The number of aromatic nitrogens is 1. The van der Waals surface area contributed by atoms with Gasteiger partial charge in [0, 0.05) is 6.92 Å². The van der Waals surface area contributed by atoms with Crippen LogP contribution in [0.2, 0.25) is 0 Å². The summed E-state index contributed by atoms with van der Waals surface area (Å²) in [5.74, 6) is 0.785. The standard InChI is InChI=1S/C9H14N2O3/c1-6-10-5-7(13-6)11-8(12)14-9(2,3)4/h5H,1-4H3,(H,11,12). The maximum absolute atomic E-state index is 11.2. The van der Waals surface area contributed by atoms with Gasteiger partial charge in [-0.1, -0.05) is 0 Å². The molecule has 1 aromatic rings. The Morgan fingerprint density at radius 3 is 2.64 bits per heavy atom. The van der Waals surface area contributed by atoms with Crippen LogP contribution in [0.3, 0.4) is 0 Å². The maximum atomic E-state index is 11.2. The number of hydrogen-bond donors (Lipinski definition) is 1. The highest BCUT2D eigenvalue weighted by Crippen LogP contribution is 2.12. The normalized spacial score (nSPS) is 11.1. The van der Waals surface area contributed by atoms with Gasteiger partial charge < -0.3 is 9.15 Å². The van der Waals surface area contributed by atoms with Gasteiger partial charge in [0.1, 0.15) is 5.60 Å². The number of nitrogens with one attached hydrogen (secondary N) is 1. The molecule has 0 aliphatic heterocycles. The zero-order valence-electron chi connectivity index (χ0n) is 8.75. The third kappa shape index (κ3) is 3.47. The lowest BCUT2D eigenvalue weighted by Gasteiger charge is -2.18. The molecule has 1 rings (SSSR count). The molecule has 0 radical (unpaired) electrons. The molecule has 0 aromatic carbocycles. The van der Waals surface area contributed by atoms with E-state index in [2.05, 4.69) is 10.3 Å². The predicted molar refractivity (Wildman–Crippen MR) is 51.1 cm³/mol. The first-order valence-corrected chi connectivity index (χ1v) is 4.29. The minimum Gasteiger partial charge on any atom is -0.444 e. The van der Waals surface area contributed by atoms with Crippen molar-refractivity contribution in [3.63, 3.8) is 0 Å². The fourth-order valence-electron chi connectivity index (χ4n) is 0.823. The van der Waals surface area contributed by atoms with Crippen molar-refractivity contribution in [3.8, 4) is 0 Å². The number of hydrogen-bond acceptors (Lipinski definition) is 4. The van der Waals surface area contributed by atoms with E-state index < -0.39 is 11.7 Å².